The van der Waals surface area contributed by atoms with Gasteiger partial charge in [-0.2, -0.15) is 11.8 Å². The van der Waals surface area contributed by atoms with Gasteiger partial charge in [-0.3, -0.25) is 9.59 Å². The molecule has 3 aromatic carbocycles. The van der Waals surface area contributed by atoms with Crippen molar-refractivity contribution in [3.05, 3.63) is 100.0 Å². The molecule has 0 unspecified atom stereocenters. The maximum atomic E-state index is 13.7. The minimum Gasteiger partial charge on any atom is -0.352 e. The molecule has 0 aromatic heterocycles. The number of anilines is 1. The van der Waals surface area contributed by atoms with Crippen molar-refractivity contribution in [1.29, 1.82) is 0 Å². The van der Waals surface area contributed by atoms with Gasteiger partial charge in [-0.15, -0.1) is 0 Å². The van der Waals surface area contributed by atoms with Crippen LogP contribution in [0.15, 0.2) is 82.6 Å². The lowest BCUT2D eigenvalue weighted by Gasteiger charge is -2.31. The predicted octanol–water partition coefficient (Wildman–Crippen LogP) is 7.33. The molecule has 0 fully saturated rings. The Morgan fingerprint density at radius 3 is 2.59 bits per heavy atom. The standard InChI is InChI=1S/C31H34N2O2S2/c1-3-4-17-36-18-9-16-32-30(34)26-14-15-28-27(21-26)33(22-25-13-8-10-23(2)19-25)31(35)29(37-28)20-24-11-6-5-7-12-24/h5-8,10-15,19-21H,3-4,9,16-18,22H2,1-2H3,(H,32,34)/b29-20-. The van der Waals surface area contributed by atoms with Crippen molar-refractivity contribution >= 4 is 47.1 Å². The molecule has 192 valence electrons. The Morgan fingerprint density at radius 2 is 1.81 bits per heavy atom. The summed E-state index contributed by atoms with van der Waals surface area (Å²) < 4.78 is 0. The van der Waals surface area contributed by atoms with Gasteiger partial charge in [0.1, 0.15) is 0 Å². The number of nitrogens with one attached hydrogen (secondary N) is 1. The van der Waals surface area contributed by atoms with E-state index in [4.69, 9.17) is 0 Å². The number of fused-ring (bicyclic) bond motifs is 1. The Hall–Kier alpha value is -2.96. The molecule has 1 heterocycles. The van der Waals surface area contributed by atoms with Gasteiger partial charge in [-0.05, 0) is 66.7 Å². The number of amides is 2. The van der Waals surface area contributed by atoms with Crippen LogP contribution in [0.5, 0.6) is 0 Å². The molecule has 1 aliphatic rings. The fraction of sp³-hybridized carbons (Fsp3) is 0.290. The van der Waals surface area contributed by atoms with E-state index in [2.05, 4.69) is 31.3 Å². The van der Waals surface area contributed by atoms with Crippen LogP contribution < -0.4 is 10.2 Å². The van der Waals surface area contributed by atoms with Crippen LogP contribution in [0.2, 0.25) is 0 Å². The molecule has 0 spiro atoms. The van der Waals surface area contributed by atoms with Gasteiger partial charge < -0.3 is 10.2 Å². The van der Waals surface area contributed by atoms with E-state index >= 15 is 0 Å². The largest absolute Gasteiger partial charge is 0.352 e. The van der Waals surface area contributed by atoms with Gasteiger partial charge in [0.2, 0.25) is 0 Å². The topological polar surface area (TPSA) is 49.4 Å². The first kappa shape index (κ1) is 27.1. The molecule has 1 aliphatic heterocycles. The summed E-state index contributed by atoms with van der Waals surface area (Å²) in [5.41, 5.74) is 4.56. The van der Waals surface area contributed by atoms with E-state index in [1.807, 2.05) is 78.5 Å². The molecule has 0 aliphatic carbocycles. The van der Waals surface area contributed by atoms with Crippen molar-refractivity contribution in [3.63, 3.8) is 0 Å². The highest BCUT2D eigenvalue weighted by Crippen LogP contribution is 2.43. The summed E-state index contributed by atoms with van der Waals surface area (Å²) in [4.78, 5) is 30.1. The highest BCUT2D eigenvalue weighted by molar-refractivity contribution is 8.04. The molecule has 0 saturated heterocycles. The summed E-state index contributed by atoms with van der Waals surface area (Å²) in [5.74, 6) is 2.08. The Kier molecular flexibility index (Phi) is 9.92. The Morgan fingerprint density at radius 1 is 1.00 bits per heavy atom. The van der Waals surface area contributed by atoms with E-state index in [0.29, 0.717) is 23.6 Å². The maximum Gasteiger partial charge on any atom is 0.265 e. The van der Waals surface area contributed by atoms with Gasteiger partial charge in [0, 0.05) is 17.0 Å². The van der Waals surface area contributed by atoms with E-state index in [0.717, 1.165) is 39.4 Å². The molecule has 0 atom stereocenters. The number of thioether (sulfide) groups is 2. The van der Waals surface area contributed by atoms with Gasteiger partial charge in [0.05, 0.1) is 17.1 Å². The van der Waals surface area contributed by atoms with Crippen molar-refractivity contribution in [1.82, 2.24) is 5.32 Å². The molecule has 4 nitrogen and oxygen atoms in total. The fourth-order valence-electron chi connectivity index (χ4n) is 4.13. The number of rotatable bonds is 11. The van der Waals surface area contributed by atoms with E-state index in [1.54, 1.807) is 4.90 Å². The zero-order chi connectivity index (χ0) is 26.0. The third-order valence-corrected chi connectivity index (χ3v) is 8.33. The number of benzene rings is 3. The molecule has 3 aromatic rings. The molecule has 0 bridgehead atoms. The normalized spacial score (nSPS) is 14.1. The Labute approximate surface area is 228 Å². The van der Waals surface area contributed by atoms with Crippen LogP contribution in [0.3, 0.4) is 0 Å². The summed E-state index contributed by atoms with van der Waals surface area (Å²) in [6.45, 7) is 5.35. The number of aryl methyl sites for hydroxylation is 1. The molecule has 4 rings (SSSR count). The monoisotopic (exact) mass is 530 g/mol. The van der Waals surface area contributed by atoms with Gasteiger partial charge >= 0.3 is 0 Å². The van der Waals surface area contributed by atoms with E-state index in [1.165, 1.54) is 30.4 Å². The number of nitrogens with zero attached hydrogens (tertiary/aromatic N) is 1. The maximum absolute atomic E-state index is 13.7. The van der Waals surface area contributed by atoms with E-state index in [9.17, 15) is 9.59 Å². The zero-order valence-corrected chi connectivity index (χ0v) is 23.2. The lowest BCUT2D eigenvalue weighted by molar-refractivity contribution is -0.114. The van der Waals surface area contributed by atoms with Gasteiger partial charge in [-0.1, -0.05) is 85.3 Å². The first-order valence-corrected chi connectivity index (χ1v) is 14.8. The first-order valence-electron chi connectivity index (χ1n) is 12.9. The van der Waals surface area contributed by atoms with Crippen LogP contribution in [-0.4, -0.2) is 29.9 Å². The fourth-order valence-corrected chi connectivity index (χ4v) is 6.21. The van der Waals surface area contributed by atoms with E-state index < -0.39 is 0 Å². The van der Waals surface area contributed by atoms with Gasteiger partial charge in [0.25, 0.3) is 11.8 Å². The summed E-state index contributed by atoms with van der Waals surface area (Å²) in [6, 6.07) is 23.8. The molecule has 0 radical (unpaired) electrons. The third kappa shape index (κ3) is 7.53. The second kappa shape index (κ2) is 13.5. The van der Waals surface area contributed by atoms with Crippen molar-refractivity contribution in [2.75, 3.05) is 23.0 Å². The second-order valence-corrected chi connectivity index (χ2v) is 11.5. The number of carbonyl (C=O) groups excluding carboxylic acids is 2. The summed E-state index contributed by atoms with van der Waals surface area (Å²) >= 11 is 3.41. The van der Waals surface area contributed by atoms with Crippen LogP contribution in [0, 0.1) is 6.92 Å². The quantitative estimate of drug-likeness (QED) is 0.208. The van der Waals surface area contributed by atoms with Crippen LogP contribution in [0.1, 0.15) is 53.2 Å². The van der Waals surface area contributed by atoms with Crippen molar-refractivity contribution in [3.8, 4) is 0 Å². The first-order chi connectivity index (χ1) is 18.0. The second-order valence-electron chi connectivity index (χ2n) is 9.16. The summed E-state index contributed by atoms with van der Waals surface area (Å²) in [7, 11) is 0. The van der Waals surface area contributed by atoms with Crippen molar-refractivity contribution in [2.45, 2.75) is 44.6 Å². The number of hydrogen-bond donors (Lipinski definition) is 1. The Balaban J connectivity index is 1.55. The average molecular weight is 531 g/mol. The van der Waals surface area contributed by atoms with E-state index in [-0.39, 0.29) is 11.8 Å². The molecule has 0 saturated carbocycles. The van der Waals surface area contributed by atoms with Crippen LogP contribution >= 0.6 is 23.5 Å². The minimum atomic E-state index is -0.0973. The number of unbranched alkanes of at least 4 members (excludes halogenated alkanes) is 1. The minimum absolute atomic E-state index is 0.0514. The van der Waals surface area contributed by atoms with Crippen LogP contribution in [0.25, 0.3) is 6.08 Å². The average Bonchev–Trinajstić information content (AvgIpc) is 2.91. The number of carbonyl (C=O) groups is 2. The highest BCUT2D eigenvalue weighted by atomic mass is 32.2. The lowest BCUT2D eigenvalue weighted by atomic mass is 10.1. The SMILES string of the molecule is CCCCSCCCNC(=O)c1ccc2c(c1)N(Cc1cccc(C)c1)C(=O)/C(=C/c1ccccc1)S2. The lowest BCUT2D eigenvalue weighted by Crippen LogP contribution is -2.34. The molecular formula is C31H34N2O2S2. The molecule has 1 N–H and O–H groups in total. The van der Waals surface area contributed by atoms with Gasteiger partial charge in [0.15, 0.2) is 0 Å². The smallest absolute Gasteiger partial charge is 0.265 e. The highest BCUT2D eigenvalue weighted by Gasteiger charge is 2.30. The summed E-state index contributed by atoms with van der Waals surface area (Å²) in [6.07, 6.45) is 5.35. The number of hydrogen-bond acceptors (Lipinski definition) is 4. The zero-order valence-electron chi connectivity index (χ0n) is 21.5. The van der Waals surface area contributed by atoms with Crippen LogP contribution in [-0.2, 0) is 11.3 Å². The predicted molar refractivity (Wildman–Crippen MR) is 158 cm³/mol. The molecule has 6 heteroatoms. The van der Waals surface area contributed by atoms with Crippen molar-refractivity contribution < 1.29 is 9.59 Å². The Bertz CT molecular complexity index is 1260. The molecule has 2 amide bonds. The van der Waals surface area contributed by atoms with Crippen LogP contribution in [0.4, 0.5) is 5.69 Å². The molecule has 37 heavy (non-hydrogen) atoms. The summed E-state index contributed by atoms with van der Waals surface area (Å²) in [5, 5.41) is 3.05. The third-order valence-electron chi connectivity index (χ3n) is 6.10. The molecular weight excluding hydrogens is 496 g/mol. The van der Waals surface area contributed by atoms with Crippen molar-refractivity contribution in [2.24, 2.45) is 0 Å². The van der Waals surface area contributed by atoms with Gasteiger partial charge in [-0.25, -0.2) is 0 Å².